The lowest BCUT2D eigenvalue weighted by atomic mass is 9.48. The van der Waals surface area contributed by atoms with E-state index in [1.165, 1.54) is 38.5 Å². The van der Waals surface area contributed by atoms with E-state index < -0.39 is 21.8 Å². The first-order chi connectivity index (χ1) is 14.8. The number of carbonyl (C=O) groups is 2. The molecular weight excluding hydrogens is 422 g/mol. The maximum atomic E-state index is 12.4. The number of amides is 1. The molecule has 0 heterocycles. The minimum Gasteiger partial charge on any atom is -0.478 e. The minimum absolute atomic E-state index is 0.136. The van der Waals surface area contributed by atoms with Crippen molar-refractivity contribution in [3.8, 4) is 0 Å². The molecule has 4 bridgehead atoms. The molecule has 1 atom stereocenters. The van der Waals surface area contributed by atoms with Crippen LogP contribution >= 0.6 is 10.6 Å². The van der Waals surface area contributed by atoms with Gasteiger partial charge in [-0.2, -0.15) is 0 Å². The van der Waals surface area contributed by atoms with E-state index >= 15 is 0 Å². The summed E-state index contributed by atoms with van der Waals surface area (Å²) in [7, 11) is -1.97. The fraction of sp³-hybridized carbons (Fsp3) is 0.636. The third-order valence-corrected chi connectivity index (χ3v) is 9.08. The van der Waals surface area contributed by atoms with Crippen molar-refractivity contribution in [2.45, 2.75) is 48.8 Å². The molecule has 0 spiro atoms. The van der Waals surface area contributed by atoms with Crippen LogP contribution in [0.5, 0.6) is 0 Å². The molecule has 9 heteroatoms. The van der Waals surface area contributed by atoms with E-state index in [0.717, 1.165) is 19.3 Å². The summed E-state index contributed by atoms with van der Waals surface area (Å²) in [6.45, 7) is 0.267. The highest BCUT2D eigenvalue weighted by molar-refractivity contribution is 8.37. The fourth-order valence-electron chi connectivity index (χ4n) is 6.29. The van der Waals surface area contributed by atoms with Crippen LogP contribution in [-0.4, -0.2) is 48.0 Å². The van der Waals surface area contributed by atoms with Crippen molar-refractivity contribution in [1.29, 1.82) is 0 Å². The standard InChI is InChI=1S/C22H31NO7S/c1-28-4-5-29-13-30-31(27,21(23)26)19-3-2-17(20(24)25)9-18(19)22-10-14-6-15(11-22)8-16(7-14)12-22/h2-3,9,14-16,27H,4-8,10-13H2,1H3,(H2,23,26)(H,24,25). The number of methoxy groups -OCH3 is 1. The number of ether oxygens (including phenoxy) is 2. The smallest absolute Gasteiger partial charge is 0.335 e. The normalized spacial score (nSPS) is 31.9. The molecule has 31 heavy (non-hydrogen) atoms. The molecule has 8 nitrogen and oxygen atoms in total. The second kappa shape index (κ2) is 8.71. The Bertz CT molecular complexity index is 825. The minimum atomic E-state index is -3.51. The van der Waals surface area contributed by atoms with Gasteiger partial charge in [-0.1, -0.05) is 10.6 Å². The Morgan fingerprint density at radius 1 is 1.13 bits per heavy atom. The van der Waals surface area contributed by atoms with Crippen LogP contribution in [0.2, 0.25) is 0 Å². The summed E-state index contributed by atoms with van der Waals surface area (Å²) >= 11 is 0. The second-order valence-corrected chi connectivity index (χ2v) is 11.3. The Kier molecular flexibility index (Phi) is 6.33. The number of aromatic carboxylic acids is 1. The molecular formula is C22H31NO7S. The van der Waals surface area contributed by atoms with E-state index in [1.807, 2.05) is 0 Å². The van der Waals surface area contributed by atoms with Gasteiger partial charge in [-0.05, 0) is 85.5 Å². The zero-order chi connectivity index (χ0) is 22.2. The Labute approximate surface area is 183 Å². The van der Waals surface area contributed by atoms with E-state index in [-0.39, 0.29) is 24.4 Å². The zero-order valence-corrected chi connectivity index (χ0v) is 18.6. The van der Waals surface area contributed by atoms with Gasteiger partial charge in [0.2, 0.25) is 0 Å². The predicted molar refractivity (Wildman–Crippen MR) is 115 cm³/mol. The van der Waals surface area contributed by atoms with Gasteiger partial charge in [-0.25, -0.2) is 13.8 Å². The Balaban J connectivity index is 1.73. The summed E-state index contributed by atoms with van der Waals surface area (Å²) in [5, 5.41) is 8.63. The molecule has 4 aliphatic rings. The topological polar surface area (TPSA) is 128 Å². The van der Waals surface area contributed by atoms with Crippen molar-refractivity contribution in [3.05, 3.63) is 29.3 Å². The number of carboxylic acid groups (broad SMARTS) is 1. The number of rotatable bonds is 9. The number of hydrogen-bond acceptors (Lipinski definition) is 6. The molecule has 1 unspecified atom stereocenters. The SMILES string of the molecule is COCCOCOS(O)(C(N)=O)c1ccc(C(=O)O)cc1C12CC3CC(CC(C3)C1)C2. The Hall–Kier alpha value is -1.65. The van der Waals surface area contributed by atoms with Gasteiger partial charge in [0.05, 0.1) is 23.7 Å². The lowest BCUT2D eigenvalue weighted by Gasteiger charge is -2.58. The van der Waals surface area contributed by atoms with Crippen molar-refractivity contribution in [1.82, 2.24) is 0 Å². The highest BCUT2D eigenvalue weighted by Crippen LogP contribution is 2.65. The number of carbonyl (C=O) groups excluding carboxylic acids is 1. The first-order valence-electron chi connectivity index (χ1n) is 10.7. The molecule has 1 aromatic carbocycles. The van der Waals surface area contributed by atoms with Crippen LogP contribution < -0.4 is 5.73 Å². The molecule has 4 saturated carbocycles. The summed E-state index contributed by atoms with van der Waals surface area (Å²) < 4.78 is 27.1. The van der Waals surface area contributed by atoms with E-state index in [1.54, 1.807) is 6.07 Å². The van der Waals surface area contributed by atoms with Gasteiger partial charge in [0.25, 0.3) is 0 Å². The highest BCUT2D eigenvalue weighted by atomic mass is 32.3. The van der Waals surface area contributed by atoms with Gasteiger partial charge in [0, 0.05) is 7.11 Å². The Morgan fingerprint density at radius 2 is 1.74 bits per heavy atom. The maximum Gasteiger partial charge on any atom is 0.335 e. The average molecular weight is 454 g/mol. The average Bonchev–Trinajstić information content (AvgIpc) is 2.72. The Morgan fingerprint density at radius 3 is 2.26 bits per heavy atom. The van der Waals surface area contributed by atoms with Crippen molar-refractivity contribution in [2.75, 3.05) is 27.1 Å². The van der Waals surface area contributed by atoms with Crippen LogP contribution in [0.1, 0.15) is 54.4 Å². The van der Waals surface area contributed by atoms with E-state index in [4.69, 9.17) is 19.4 Å². The lowest BCUT2D eigenvalue weighted by Crippen LogP contribution is -2.49. The van der Waals surface area contributed by atoms with Crippen LogP contribution in [0.25, 0.3) is 0 Å². The number of hydrogen-bond donors (Lipinski definition) is 3. The van der Waals surface area contributed by atoms with Crippen LogP contribution in [0.4, 0.5) is 4.79 Å². The molecule has 4 aliphatic carbocycles. The van der Waals surface area contributed by atoms with Crippen molar-refractivity contribution in [2.24, 2.45) is 23.5 Å². The van der Waals surface area contributed by atoms with Crippen molar-refractivity contribution >= 4 is 21.8 Å². The number of carboxylic acids is 1. The van der Waals surface area contributed by atoms with Gasteiger partial charge in [0.15, 0.2) is 6.79 Å². The predicted octanol–water partition coefficient (Wildman–Crippen LogP) is 4.12. The first-order valence-corrected chi connectivity index (χ1v) is 12.2. The van der Waals surface area contributed by atoms with Crippen LogP contribution in [0, 0.1) is 17.8 Å². The molecule has 172 valence electrons. The molecule has 4 N–H and O–H groups in total. The summed E-state index contributed by atoms with van der Waals surface area (Å²) in [6.07, 6.45) is 6.45. The maximum absolute atomic E-state index is 12.4. The largest absolute Gasteiger partial charge is 0.478 e. The molecule has 0 radical (unpaired) electrons. The molecule has 0 saturated heterocycles. The highest BCUT2D eigenvalue weighted by Gasteiger charge is 2.53. The van der Waals surface area contributed by atoms with Crippen LogP contribution in [0.3, 0.4) is 0 Å². The van der Waals surface area contributed by atoms with Crippen molar-refractivity contribution < 1.29 is 32.9 Å². The van der Waals surface area contributed by atoms with E-state index in [9.17, 15) is 19.2 Å². The first kappa shape index (κ1) is 22.5. The van der Waals surface area contributed by atoms with Gasteiger partial charge in [-0.15, -0.1) is 0 Å². The summed E-state index contributed by atoms with van der Waals surface area (Å²) in [6, 6.07) is 4.53. The van der Waals surface area contributed by atoms with E-state index in [2.05, 4.69) is 0 Å². The molecule has 4 fully saturated rings. The summed E-state index contributed by atoms with van der Waals surface area (Å²) in [5.74, 6) is 0.756. The molecule has 5 rings (SSSR count). The number of nitrogens with two attached hydrogens (primary N) is 1. The van der Waals surface area contributed by atoms with Gasteiger partial charge in [0.1, 0.15) is 0 Å². The summed E-state index contributed by atoms with van der Waals surface area (Å²) in [4.78, 5) is 24.5. The third-order valence-electron chi connectivity index (χ3n) is 7.14. The third kappa shape index (κ3) is 4.21. The van der Waals surface area contributed by atoms with Crippen molar-refractivity contribution in [3.63, 3.8) is 0 Å². The van der Waals surface area contributed by atoms with E-state index in [0.29, 0.717) is 34.8 Å². The van der Waals surface area contributed by atoms with Gasteiger partial charge < -0.3 is 20.3 Å². The lowest BCUT2D eigenvalue weighted by molar-refractivity contribution is -0.00929. The zero-order valence-electron chi connectivity index (χ0n) is 17.7. The summed E-state index contributed by atoms with van der Waals surface area (Å²) in [5.41, 5.74) is 6.22. The fourth-order valence-corrected chi connectivity index (χ4v) is 7.79. The van der Waals surface area contributed by atoms with Gasteiger partial charge >= 0.3 is 11.2 Å². The molecule has 0 aliphatic heterocycles. The molecule has 0 aromatic heterocycles. The van der Waals surface area contributed by atoms with Crippen LogP contribution in [0.15, 0.2) is 23.1 Å². The quantitative estimate of drug-likeness (QED) is 0.379. The number of primary amides is 1. The monoisotopic (exact) mass is 453 g/mol. The van der Waals surface area contributed by atoms with Crippen LogP contribution in [-0.2, 0) is 19.1 Å². The molecule has 1 amide bonds. The number of benzene rings is 1. The second-order valence-electron chi connectivity index (χ2n) is 9.20. The molecule has 1 aromatic rings. The van der Waals surface area contributed by atoms with Gasteiger partial charge in [-0.3, -0.25) is 4.55 Å².